The number of alkyl halides is 3. The minimum atomic E-state index is -4.60. The summed E-state index contributed by atoms with van der Waals surface area (Å²) in [6.07, 6.45) is 0.524. The molecule has 12 heteroatoms. The molecule has 6 rings (SSSR count). The monoisotopic (exact) mass is 750 g/mol. The van der Waals surface area contributed by atoms with E-state index in [-0.39, 0.29) is 51.4 Å². The van der Waals surface area contributed by atoms with Crippen molar-refractivity contribution in [2.75, 3.05) is 31.9 Å². The van der Waals surface area contributed by atoms with E-state index in [1.54, 1.807) is 26.8 Å². The molecule has 3 aromatic carbocycles. The summed E-state index contributed by atoms with van der Waals surface area (Å²) in [5.41, 5.74) is 1.36. The number of amides is 1. The second-order valence-electron chi connectivity index (χ2n) is 14.5. The van der Waals surface area contributed by atoms with Gasteiger partial charge >= 0.3 is 6.18 Å². The molecule has 1 N–H and O–H groups in total. The number of halogens is 3. The Labute approximate surface area is 310 Å². The molecular weight excluding hydrogens is 702 g/mol. The van der Waals surface area contributed by atoms with Gasteiger partial charge in [0.2, 0.25) is 0 Å². The third kappa shape index (κ3) is 8.87. The molecule has 0 aliphatic carbocycles. The molecule has 0 saturated carbocycles. The fraction of sp³-hybridized carbons (Fsp3) is 0.463. The Bertz CT molecular complexity index is 2020. The Balaban J connectivity index is 1.56. The number of hydrogen-bond acceptors (Lipinski definition) is 7. The lowest BCUT2D eigenvalue weighted by molar-refractivity contribution is -0.137. The van der Waals surface area contributed by atoms with Gasteiger partial charge in [0, 0.05) is 35.2 Å². The number of likely N-dealkylation sites (tertiary alicyclic amines) is 2. The number of piperidine rings is 2. The lowest BCUT2D eigenvalue weighted by atomic mass is 9.93. The molecule has 4 aromatic rings. The van der Waals surface area contributed by atoms with Crippen LogP contribution in [0.5, 0.6) is 5.75 Å². The van der Waals surface area contributed by atoms with Crippen LogP contribution in [0.25, 0.3) is 22.2 Å². The van der Waals surface area contributed by atoms with Crippen LogP contribution in [0.1, 0.15) is 92.9 Å². The molecular formula is C41H49F3N4O4S. The number of pyridine rings is 1. The predicted octanol–water partition coefficient (Wildman–Crippen LogP) is 8.44. The van der Waals surface area contributed by atoms with Gasteiger partial charge in [-0.05, 0) is 96.4 Å². The maximum atomic E-state index is 14.7. The van der Waals surface area contributed by atoms with Crippen molar-refractivity contribution in [3.63, 3.8) is 0 Å². The first-order valence-corrected chi connectivity index (χ1v) is 20.3. The minimum Gasteiger partial charge on any atom is -0.490 e. The zero-order valence-electron chi connectivity index (χ0n) is 30.9. The van der Waals surface area contributed by atoms with Crippen LogP contribution in [-0.2, 0) is 22.6 Å². The number of benzene rings is 3. The number of hydrogen-bond donors (Lipinski definition) is 1. The molecule has 0 spiro atoms. The molecule has 2 saturated heterocycles. The Morgan fingerprint density at radius 3 is 2.28 bits per heavy atom. The highest BCUT2D eigenvalue weighted by atomic mass is 32.2. The van der Waals surface area contributed by atoms with Crippen LogP contribution in [0.2, 0.25) is 0 Å². The lowest BCUT2D eigenvalue weighted by Gasteiger charge is -2.40. The predicted molar refractivity (Wildman–Crippen MR) is 202 cm³/mol. The van der Waals surface area contributed by atoms with Crippen molar-refractivity contribution in [1.82, 2.24) is 20.1 Å². The number of nitrogens with one attached hydrogen (secondary N) is 1. The molecule has 2 aliphatic rings. The van der Waals surface area contributed by atoms with E-state index >= 15 is 0 Å². The maximum absolute atomic E-state index is 14.7. The highest BCUT2D eigenvalue weighted by Gasteiger charge is 2.33. The summed E-state index contributed by atoms with van der Waals surface area (Å²) in [6, 6.07) is 17.4. The quantitative estimate of drug-likeness (QED) is 0.165. The SMILES string of the molecule is CCS(=O)(=O)c1cc2c(C(=O)N[C@@H](C)c3ccccc3)c(CN3CCC(N4CCCCC4)CC3)c(-c3cccc(C(F)(F)F)c3)nc2cc1OC(C)C. The second-order valence-corrected chi connectivity index (χ2v) is 16.7. The molecule has 0 bridgehead atoms. The highest BCUT2D eigenvalue weighted by Crippen LogP contribution is 2.39. The van der Waals surface area contributed by atoms with Crippen molar-refractivity contribution in [3.8, 4) is 17.0 Å². The number of rotatable bonds is 11. The summed E-state index contributed by atoms with van der Waals surface area (Å²) in [6.45, 7) is 10.8. The number of ether oxygens (including phenoxy) is 1. The van der Waals surface area contributed by atoms with E-state index in [1.165, 1.54) is 37.5 Å². The number of aromatic nitrogens is 1. The van der Waals surface area contributed by atoms with Crippen molar-refractivity contribution in [3.05, 3.63) is 89.0 Å². The van der Waals surface area contributed by atoms with Gasteiger partial charge in [0.15, 0.2) is 9.84 Å². The number of carbonyl (C=O) groups is 1. The van der Waals surface area contributed by atoms with E-state index in [9.17, 15) is 26.4 Å². The van der Waals surface area contributed by atoms with E-state index in [0.29, 0.717) is 17.0 Å². The Hall–Kier alpha value is -4.00. The summed E-state index contributed by atoms with van der Waals surface area (Å²) < 4.78 is 75.4. The van der Waals surface area contributed by atoms with Gasteiger partial charge in [-0.3, -0.25) is 9.69 Å². The summed E-state index contributed by atoms with van der Waals surface area (Å²) in [5, 5.41) is 3.40. The van der Waals surface area contributed by atoms with Gasteiger partial charge in [0.05, 0.1) is 40.2 Å². The van der Waals surface area contributed by atoms with Crippen molar-refractivity contribution >= 4 is 26.6 Å². The molecule has 8 nitrogen and oxygen atoms in total. The first-order valence-electron chi connectivity index (χ1n) is 18.6. The van der Waals surface area contributed by atoms with E-state index < -0.39 is 33.5 Å². The standard InChI is InChI=1S/C41H49F3N4O4S/c1-5-53(50,51)37-24-33-35(25-36(37)52-27(2)3)46-39(30-15-12-16-31(23-30)41(42,43)44)34(38(33)40(49)45-28(4)29-13-8-6-9-14-29)26-47-21-17-32(18-22-47)48-19-10-7-11-20-48/h6,8-9,12-16,23-25,27-28,32H,5,7,10-11,17-22,26H2,1-4H3,(H,45,49)/t28-/m0/s1. The van der Waals surface area contributed by atoms with Gasteiger partial charge in [-0.25, -0.2) is 13.4 Å². The topological polar surface area (TPSA) is 91.8 Å². The number of fused-ring (bicyclic) bond motifs is 1. The Morgan fingerprint density at radius 1 is 0.943 bits per heavy atom. The zero-order chi connectivity index (χ0) is 37.9. The van der Waals surface area contributed by atoms with Crippen LogP contribution in [0.4, 0.5) is 13.2 Å². The number of nitrogens with zero attached hydrogens (tertiary/aromatic N) is 3. The summed E-state index contributed by atoms with van der Waals surface area (Å²) in [5.74, 6) is -0.598. The summed E-state index contributed by atoms with van der Waals surface area (Å²) >= 11 is 0. The average Bonchev–Trinajstić information content (AvgIpc) is 3.14. The van der Waals surface area contributed by atoms with Gasteiger partial charge in [-0.2, -0.15) is 13.2 Å². The third-order valence-electron chi connectivity index (χ3n) is 10.4. The number of sulfone groups is 1. The molecule has 0 radical (unpaired) electrons. The molecule has 2 aliphatic heterocycles. The molecule has 0 unspecified atom stereocenters. The van der Waals surface area contributed by atoms with Crippen molar-refractivity contribution in [2.45, 2.75) is 95.6 Å². The normalized spacial score (nSPS) is 17.3. The van der Waals surface area contributed by atoms with E-state index in [0.717, 1.165) is 56.7 Å². The number of carbonyl (C=O) groups excluding carboxylic acids is 1. The first-order chi connectivity index (χ1) is 25.2. The van der Waals surface area contributed by atoms with Crippen LogP contribution < -0.4 is 10.1 Å². The Kier molecular flexibility index (Phi) is 11.8. The lowest BCUT2D eigenvalue weighted by Crippen LogP contribution is -2.46. The van der Waals surface area contributed by atoms with Crippen LogP contribution >= 0.6 is 0 Å². The fourth-order valence-corrected chi connectivity index (χ4v) is 8.62. The molecule has 1 aromatic heterocycles. The smallest absolute Gasteiger partial charge is 0.416 e. The van der Waals surface area contributed by atoms with Gasteiger partial charge in [0.1, 0.15) is 10.6 Å². The van der Waals surface area contributed by atoms with Gasteiger partial charge < -0.3 is 15.0 Å². The van der Waals surface area contributed by atoms with Crippen molar-refractivity contribution in [2.24, 2.45) is 0 Å². The van der Waals surface area contributed by atoms with Crippen LogP contribution in [-0.4, -0.2) is 73.2 Å². The summed E-state index contributed by atoms with van der Waals surface area (Å²) in [7, 11) is -3.84. The molecule has 53 heavy (non-hydrogen) atoms. The van der Waals surface area contributed by atoms with Gasteiger partial charge in [0.25, 0.3) is 5.91 Å². The van der Waals surface area contributed by atoms with Gasteiger partial charge in [-0.15, -0.1) is 0 Å². The first kappa shape index (κ1) is 38.7. The molecule has 1 atom stereocenters. The molecule has 1 amide bonds. The molecule has 3 heterocycles. The van der Waals surface area contributed by atoms with Crippen LogP contribution in [0.3, 0.4) is 0 Å². The van der Waals surface area contributed by atoms with Crippen LogP contribution in [0, 0.1) is 0 Å². The van der Waals surface area contributed by atoms with E-state index in [2.05, 4.69) is 15.1 Å². The Morgan fingerprint density at radius 2 is 1.64 bits per heavy atom. The van der Waals surface area contributed by atoms with Crippen LogP contribution in [0.15, 0.2) is 71.6 Å². The largest absolute Gasteiger partial charge is 0.490 e. The summed E-state index contributed by atoms with van der Waals surface area (Å²) in [4.78, 5) is 24.4. The molecule has 2 fully saturated rings. The fourth-order valence-electron chi connectivity index (χ4n) is 7.59. The van der Waals surface area contributed by atoms with E-state index in [4.69, 9.17) is 9.72 Å². The maximum Gasteiger partial charge on any atom is 0.416 e. The third-order valence-corrected chi connectivity index (χ3v) is 12.2. The van der Waals surface area contributed by atoms with Crippen molar-refractivity contribution < 1.29 is 31.1 Å². The highest BCUT2D eigenvalue weighted by molar-refractivity contribution is 7.91. The second kappa shape index (κ2) is 16.2. The van der Waals surface area contributed by atoms with E-state index in [1.807, 2.05) is 37.3 Å². The average molecular weight is 751 g/mol. The zero-order valence-corrected chi connectivity index (χ0v) is 31.7. The van der Waals surface area contributed by atoms with Gasteiger partial charge in [-0.1, -0.05) is 55.8 Å². The minimum absolute atomic E-state index is 0.0618. The molecule has 284 valence electrons. The van der Waals surface area contributed by atoms with Crippen molar-refractivity contribution in [1.29, 1.82) is 0 Å².